The molecule has 4 nitrogen and oxygen atoms in total. The standard InChI is InChI=1S/C15H22N2O2/c1-15(2,3)16-9-13(19)17-14-11-7-5-4-6-10(11)8-12(14)18/h4-7,12,14,16,18H,8-9H2,1-3H3,(H,17,19)/t12-,14+/m1/s1. The Kier molecular flexibility index (Phi) is 3.92. The van der Waals surface area contributed by atoms with Gasteiger partial charge in [-0.05, 0) is 31.9 Å². The molecule has 1 aliphatic rings. The highest BCUT2D eigenvalue weighted by Gasteiger charge is 2.31. The van der Waals surface area contributed by atoms with Gasteiger partial charge in [0.25, 0.3) is 0 Å². The van der Waals surface area contributed by atoms with Crippen LogP contribution in [0.4, 0.5) is 0 Å². The van der Waals surface area contributed by atoms with E-state index in [0.717, 1.165) is 11.1 Å². The van der Waals surface area contributed by atoms with Crippen molar-refractivity contribution in [1.29, 1.82) is 0 Å². The van der Waals surface area contributed by atoms with Crippen LogP contribution >= 0.6 is 0 Å². The van der Waals surface area contributed by atoms with E-state index in [9.17, 15) is 9.90 Å². The average Bonchev–Trinajstić information content (AvgIpc) is 2.63. The third kappa shape index (κ3) is 3.55. The van der Waals surface area contributed by atoms with E-state index < -0.39 is 6.10 Å². The molecule has 0 radical (unpaired) electrons. The summed E-state index contributed by atoms with van der Waals surface area (Å²) in [6.45, 7) is 6.30. The second-order valence-electron chi connectivity index (χ2n) is 6.12. The maximum Gasteiger partial charge on any atom is 0.234 e. The van der Waals surface area contributed by atoms with Crippen molar-refractivity contribution in [2.75, 3.05) is 6.54 Å². The molecule has 0 unspecified atom stereocenters. The monoisotopic (exact) mass is 262 g/mol. The van der Waals surface area contributed by atoms with Gasteiger partial charge >= 0.3 is 0 Å². The Hall–Kier alpha value is -1.39. The molecule has 0 bridgehead atoms. The van der Waals surface area contributed by atoms with Gasteiger partial charge in [-0.1, -0.05) is 24.3 Å². The van der Waals surface area contributed by atoms with Gasteiger partial charge in [-0.2, -0.15) is 0 Å². The van der Waals surface area contributed by atoms with Crippen LogP contribution in [0, 0.1) is 0 Å². The molecule has 0 heterocycles. The highest BCUT2D eigenvalue weighted by atomic mass is 16.3. The van der Waals surface area contributed by atoms with Crippen molar-refractivity contribution >= 4 is 5.91 Å². The van der Waals surface area contributed by atoms with Crippen molar-refractivity contribution < 1.29 is 9.90 Å². The largest absolute Gasteiger partial charge is 0.390 e. The van der Waals surface area contributed by atoms with Crippen LogP contribution in [0.5, 0.6) is 0 Å². The molecule has 19 heavy (non-hydrogen) atoms. The number of benzene rings is 1. The molecule has 104 valence electrons. The summed E-state index contributed by atoms with van der Waals surface area (Å²) < 4.78 is 0. The molecule has 1 aliphatic carbocycles. The molecule has 1 aromatic carbocycles. The summed E-state index contributed by atoms with van der Waals surface area (Å²) in [6, 6.07) is 7.57. The minimum Gasteiger partial charge on any atom is -0.390 e. The number of hydrogen-bond acceptors (Lipinski definition) is 3. The lowest BCUT2D eigenvalue weighted by atomic mass is 10.1. The van der Waals surface area contributed by atoms with Crippen molar-refractivity contribution in [2.24, 2.45) is 0 Å². The van der Waals surface area contributed by atoms with Crippen LogP contribution in [0.2, 0.25) is 0 Å². The first-order chi connectivity index (χ1) is 8.87. The predicted molar refractivity (Wildman–Crippen MR) is 74.8 cm³/mol. The molecular weight excluding hydrogens is 240 g/mol. The number of nitrogens with one attached hydrogen (secondary N) is 2. The number of carbonyl (C=O) groups is 1. The van der Waals surface area contributed by atoms with Crippen LogP contribution < -0.4 is 10.6 Å². The lowest BCUT2D eigenvalue weighted by Crippen LogP contribution is -2.45. The Morgan fingerprint density at radius 1 is 1.37 bits per heavy atom. The quantitative estimate of drug-likeness (QED) is 0.766. The Morgan fingerprint density at radius 3 is 2.74 bits per heavy atom. The fraction of sp³-hybridized carbons (Fsp3) is 0.533. The molecule has 0 saturated carbocycles. The topological polar surface area (TPSA) is 61.4 Å². The van der Waals surface area contributed by atoms with Crippen molar-refractivity contribution in [3.05, 3.63) is 35.4 Å². The molecular formula is C15H22N2O2. The van der Waals surface area contributed by atoms with Crippen LogP contribution in [0.1, 0.15) is 37.9 Å². The molecule has 4 heteroatoms. The van der Waals surface area contributed by atoms with E-state index in [4.69, 9.17) is 0 Å². The first-order valence-corrected chi connectivity index (χ1v) is 6.67. The number of amides is 1. The van der Waals surface area contributed by atoms with Crippen LogP contribution in [-0.2, 0) is 11.2 Å². The second-order valence-corrected chi connectivity index (χ2v) is 6.12. The average molecular weight is 262 g/mol. The Balaban J connectivity index is 1.98. The lowest BCUT2D eigenvalue weighted by molar-refractivity contribution is -0.122. The summed E-state index contributed by atoms with van der Waals surface area (Å²) in [5, 5.41) is 16.1. The van der Waals surface area contributed by atoms with E-state index >= 15 is 0 Å². The van der Waals surface area contributed by atoms with Crippen molar-refractivity contribution in [2.45, 2.75) is 44.9 Å². The summed E-state index contributed by atoms with van der Waals surface area (Å²) in [5.74, 6) is -0.0873. The lowest BCUT2D eigenvalue weighted by Gasteiger charge is -2.22. The van der Waals surface area contributed by atoms with Crippen LogP contribution in [0.3, 0.4) is 0 Å². The van der Waals surface area contributed by atoms with Crippen molar-refractivity contribution in [3.63, 3.8) is 0 Å². The van der Waals surface area contributed by atoms with Gasteiger partial charge < -0.3 is 15.7 Å². The van der Waals surface area contributed by atoms with Gasteiger partial charge in [0.1, 0.15) is 0 Å². The zero-order valence-electron chi connectivity index (χ0n) is 11.7. The van der Waals surface area contributed by atoms with E-state index in [0.29, 0.717) is 6.42 Å². The highest BCUT2D eigenvalue weighted by molar-refractivity contribution is 5.79. The van der Waals surface area contributed by atoms with Gasteiger partial charge in [-0.15, -0.1) is 0 Å². The molecule has 2 atom stereocenters. The maximum absolute atomic E-state index is 11.9. The molecule has 2 rings (SSSR count). The molecule has 0 spiro atoms. The number of fused-ring (bicyclic) bond motifs is 1. The Morgan fingerprint density at radius 2 is 2.05 bits per heavy atom. The van der Waals surface area contributed by atoms with E-state index in [2.05, 4.69) is 10.6 Å². The summed E-state index contributed by atoms with van der Waals surface area (Å²) in [4.78, 5) is 11.9. The predicted octanol–water partition coefficient (Wildman–Crippen LogP) is 1.15. The normalized spacial score (nSPS) is 22.1. The fourth-order valence-corrected chi connectivity index (χ4v) is 2.32. The molecule has 1 aromatic rings. The second kappa shape index (κ2) is 5.31. The Bertz CT molecular complexity index is 465. The maximum atomic E-state index is 11.9. The highest BCUT2D eigenvalue weighted by Crippen LogP contribution is 2.30. The molecule has 3 N–H and O–H groups in total. The van der Waals surface area contributed by atoms with E-state index in [1.54, 1.807) is 0 Å². The summed E-state index contributed by atoms with van der Waals surface area (Å²) >= 11 is 0. The number of carbonyl (C=O) groups excluding carboxylic acids is 1. The first-order valence-electron chi connectivity index (χ1n) is 6.67. The number of hydrogen-bond donors (Lipinski definition) is 3. The number of aliphatic hydroxyl groups is 1. The van der Waals surface area contributed by atoms with Gasteiger partial charge in [0.2, 0.25) is 5.91 Å². The minimum absolute atomic E-state index is 0.0873. The molecule has 1 amide bonds. The third-order valence-electron chi connectivity index (χ3n) is 3.30. The van der Waals surface area contributed by atoms with E-state index in [-0.39, 0.29) is 24.0 Å². The summed E-state index contributed by atoms with van der Waals surface area (Å²) in [7, 11) is 0. The summed E-state index contributed by atoms with van der Waals surface area (Å²) in [6.07, 6.45) is 0.0735. The van der Waals surface area contributed by atoms with Gasteiger partial charge in [-0.3, -0.25) is 4.79 Å². The van der Waals surface area contributed by atoms with Crippen molar-refractivity contribution in [3.8, 4) is 0 Å². The summed E-state index contributed by atoms with van der Waals surface area (Å²) in [5.41, 5.74) is 2.05. The molecule has 0 aromatic heterocycles. The van der Waals surface area contributed by atoms with E-state index in [1.807, 2.05) is 45.0 Å². The first kappa shape index (κ1) is 14.0. The number of aliphatic hydroxyl groups excluding tert-OH is 1. The number of rotatable bonds is 3. The van der Waals surface area contributed by atoms with Crippen LogP contribution in [-0.4, -0.2) is 29.2 Å². The van der Waals surface area contributed by atoms with Gasteiger partial charge in [-0.25, -0.2) is 0 Å². The van der Waals surface area contributed by atoms with Crippen LogP contribution in [0.25, 0.3) is 0 Å². The SMILES string of the molecule is CC(C)(C)NCC(=O)N[C@H]1c2ccccc2C[C@H]1O. The fourth-order valence-electron chi connectivity index (χ4n) is 2.32. The van der Waals surface area contributed by atoms with Crippen molar-refractivity contribution in [1.82, 2.24) is 10.6 Å². The molecule has 0 saturated heterocycles. The zero-order chi connectivity index (χ0) is 14.0. The van der Waals surface area contributed by atoms with E-state index in [1.165, 1.54) is 0 Å². The minimum atomic E-state index is -0.531. The van der Waals surface area contributed by atoms with Gasteiger partial charge in [0, 0.05) is 12.0 Å². The zero-order valence-corrected chi connectivity index (χ0v) is 11.7. The third-order valence-corrected chi connectivity index (χ3v) is 3.30. The smallest absolute Gasteiger partial charge is 0.234 e. The van der Waals surface area contributed by atoms with Gasteiger partial charge in [0.15, 0.2) is 0 Å². The van der Waals surface area contributed by atoms with Crippen LogP contribution in [0.15, 0.2) is 24.3 Å². The molecule has 0 fully saturated rings. The Labute approximate surface area is 114 Å². The van der Waals surface area contributed by atoms with Gasteiger partial charge in [0.05, 0.1) is 18.7 Å². The molecule has 0 aliphatic heterocycles.